The number of nitrogens with one attached hydrogen (secondary N) is 3. The fraction of sp³-hybridized carbons (Fsp3) is 0.389. The predicted octanol–water partition coefficient (Wildman–Crippen LogP) is 1.63. The fourth-order valence-corrected chi connectivity index (χ4v) is 2.24. The van der Waals surface area contributed by atoms with E-state index in [0.29, 0.717) is 19.5 Å². The number of hydrogen-bond donors (Lipinski definition) is 3. The Hall–Kier alpha value is -2.83. The van der Waals surface area contributed by atoms with Crippen LogP contribution in [-0.4, -0.2) is 40.9 Å². The number of benzene rings is 1. The molecule has 0 saturated carbocycles. The van der Waals surface area contributed by atoms with E-state index in [9.17, 15) is 9.59 Å². The van der Waals surface area contributed by atoms with Gasteiger partial charge in [0.1, 0.15) is 6.04 Å². The smallest absolute Gasteiger partial charge is 0.315 e. The van der Waals surface area contributed by atoms with Crippen molar-refractivity contribution in [2.24, 2.45) is 0 Å². The number of aromatic nitrogens is 2. The lowest BCUT2D eigenvalue weighted by Crippen LogP contribution is -2.48. The Morgan fingerprint density at radius 2 is 1.88 bits per heavy atom. The molecule has 0 saturated heterocycles. The summed E-state index contributed by atoms with van der Waals surface area (Å²) in [6.07, 6.45) is 3.37. The zero-order valence-corrected chi connectivity index (χ0v) is 14.7. The Balaban J connectivity index is 1.73. The van der Waals surface area contributed by atoms with Crippen LogP contribution in [0.5, 0.6) is 0 Å². The van der Waals surface area contributed by atoms with Crippen molar-refractivity contribution < 1.29 is 9.59 Å². The second kappa shape index (κ2) is 9.46. The quantitative estimate of drug-likeness (QED) is 0.681. The number of hydrogen-bond acceptors (Lipinski definition) is 3. The van der Waals surface area contributed by atoms with E-state index in [1.54, 1.807) is 11.6 Å². The van der Waals surface area contributed by atoms with Gasteiger partial charge >= 0.3 is 6.03 Å². The molecule has 7 nitrogen and oxygen atoms in total. The summed E-state index contributed by atoms with van der Waals surface area (Å²) in [5.41, 5.74) is 1.88. The lowest BCUT2D eigenvalue weighted by molar-refractivity contribution is -0.122. The number of carbonyl (C=O) groups is 2. The topological polar surface area (TPSA) is 88.0 Å². The van der Waals surface area contributed by atoms with Crippen LogP contribution in [0.4, 0.5) is 4.79 Å². The highest BCUT2D eigenvalue weighted by molar-refractivity contribution is 5.86. The molecule has 0 fully saturated rings. The number of rotatable bonds is 8. The SMILES string of the molecule is CCCNC(=O)C(C)NC(=O)NCCc1ccn(-c2ccccc2)n1. The standard InChI is InChI=1S/C18H25N5O2/c1-3-11-19-17(24)14(2)21-18(25)20-12-9-15-10-13-23(22-15)16-7-5-4-6-8-16/h4-8,10,13-14H,3,9,11-12H2,1-2H3,(H,19,24)(H2,20,21,25). The maximum atomic E-state index is 11.8. The predicted molar refractivity (Wildman–Crippen MR) is 96.6 cm³/mol. The van der Waals surface area contributed by atoms with Crippen LogP contribution in [0, 0.1) is 0 Å². The molecule has 1 unspecified atom stereocenters. The first-order chi connectivity index (χ1) is 12.1. The first-order valence-corrected chi connectivity index (χ1v) is 8.52. The van der Waals surface area contributed by atoms with Gasteiger partial charge in [0.2, 0.25) is 5.91 Å². The monoisotopic (exact) mass is 343 g/mol. The van der Waals surface area contributed by atoms with Crippen LogP contribution in [0.1, 0.15) is 26.0 Å². The summed E-state index contributed by atoms with van der Waals surface area (Å²) in [5.74, 6) is -0.182. The summed E-state index contributed by atoms with van der Waals surface area (Å²) >= 11 is 0. The minimum atomic E-state index is -0.566. The third-order valence-electron chi connectivity index (χ3n) is 3.62. The second-order valence-electron chi connectivity index (χ2n) is 5.75. The Morgan fingerprint density at radius 3 is 2.60 bits per heavy atom. The molecular formula is C18H25N5O2. The highest BCUT2D eigenvalue weighted by Gasteiger charge is 2.14. The van der Waals surface area contributed by atoms with E-state index >= 15 is 0 Å². The molecule has 1 atom stereocenters. The van der Waals surface area contributed by atoms with Gasteiger partial charge in [-0.2, -0.15) is 5.10 Å². The Labute approximate surface area is 147 Å². The zero-order valence-electron chi connectivity index (χ0n) is 14.7. The largest absolute Gasteiger partial charge is 0.354 e. The summed E-state index contributed by atoms with van der Waals surface area (Å²) in [7, 11) is 0. The average Bonchev–Trinajstić information content (AvgIpc) is 3.09. The summed E-state index contributed by atoms with van der Waals surface area (Å²) in [4.78, 5) is 23.5. The van der Waals surface area contributed by atoms with E-state index in [0.717, 1.165) is 17.8 Å². The maximum Gasteiger partial charge on any atom is 0.315 e. The third kappa shape index (κ3) is 5.95. The van der Waals surface area contributed by atoms with E-state index in [1.807, 2.05) is 49.5 Å². The first-order valence-electron chi connectivity index (χ1n) is 8.52. The van der Waals surface area contributed by atoms with Crippen LogP contribution in [0.15, 0.2) is 42.6 Å². The molecule has 1 aromatic heterocycles. The van der Waals surface area contributed by atoms with Crippen molar-refractivity contribution in [2.75, 3.05) is 13.1 Å². The lowest BCUT2D eigenvalue weighted by atomic mass is 10.3. The van der Waals surface area contributed by atoms with Gasteiger partial charge in [-0.15, -0.1) is 0 Å². The minimum absolute atomic E-state index is 0.182. The molecule has 0 radical (unpaired) electrons. The molecular weight excluding hydrogens is 318 g/mol. The van der Waals surface area contributed by atoms with Crippen molar-refractivity contribution in [3.8, 4) is 5.69 Å². The highest BCUT2D eigenvalue weighted by atomic mass is 16.2. The molecule has 3 amide bonds. The van der Waals surface area contributed by atoms with Crippen molar-refractivity contribution >= 4 is 11.9 Å². The summed E-state index contributed by atoms with van der Waals surface area (Å²) in [5, 5.41) is 12.6. The molecule has 0 aliphatic rings. The van der Waals surface area contributed by atoms with Crippen LogP contribution >= 0.6 is 0 Å². The molecule has 0 spiro atoms. The number of nitrogens with zero attached hydrogens (tertiary/aromatic N) is 2. The van der Waals surface area contributed by atoms with Crippen LogP contribution in [0.3, 0.4) is 0 Å². The van der Waals surface area contributed by atoms with E-state index in [1.165, 1.54) is 0 Å². The van der Waals surface area contributed by atoms with E-state index < -0.39 is 6.04 Å². The average molecular weight is 343 g/mol. The molecule has 1 aromatic carbocycles. The maximum absolute atomic E-state index is 11.8. The Morgan fingerprint density at radius 1 is 1.12 bits per heavy atom. The van der Waals surface area contributed by atoms with Gasteiger partial charge in [-0.25, -0.2) is 9.48 Å². The van der Waals surface area contributed by atoms with Crippen LogP contribution in [-0.2, 0) is 11.2 Å². The third-order valence-corrected chi connectivity index (χ3v) is 3.62. The van der Waals surface area contributed by atoms with Gasteiger partial charge in [0.25, 0.3) is 0 Å². The summed E-state index contributed by atoms with van der Waals surface area (Å²) < 4.78 is 1.80. The van der Waals surface area contributed by atoms with E-state index in [2.05, 4.69) is 21.0 Å². The van der Waals surface area contributed by atoms with Crippen LogP contribution < -0.4 is 16.0 Å². The van der Waals surface area contributed by atoms with Crippen LogP contribution in [0.2, 0.25) is 0 Å². The Bertz CT molecular complexity index is 684. The molecule has 2 aromatic rings. The van der Waals surface area contributed by atoms with Gasteiger partial charge < -0.3 is 16.0 Å². The van der Waals surface area contributed by atoms with Gasteiger partial charge in [0.05, 0.1) is 11.4 Å². The first kappa shape index (κ1) is 18.5. The number of urea groups is 1. The molecule has 2 rings (SSSR count). The van der Waals surface area contributed by atoms with Crippen molar-refractivity contribution in [2.45, 2.75) is 32.7 Å². The molecule has 0 aliphatic heterocycles. The van der Waals surface area contributed by atoms with Crippen molar-refractivity contribution in [1.29, 1.82) is 0 Å². The van der Waals surface area contributed by atoms with E-state index in [4.69, 9.17) is 0 Å². The summed E-state index contributed by atoms with van der Waals surface area (Å²) in [6.45, 7) is 4.69. The molecule has 0 bridgehead atoms. The van der Waals surface area contributed by atoms with Crippen molar-refractivity contribution in [3.63, 3.8) is 0 Å². The van der Waals surface area contributed by atoms with Gasteiger partial charge in [-0.1, -0.05) is 25.1 Å². The van der Waals surface area contributed by atoms with Gasteiger partial charge in [0.15, 0.2) is 0 Å². The summed E-state index contributed by atoms with van der Waals surface area (Å²) in [6, 6.07) is 10.8. The second-order valence-corrected chi connectivity index (χ2v) is 5.75. The van der Waals surface area contributed by atoms with Crippen molar-refractivity contribution in [1.82, 2.24) is 25.7 Å². The molecule has 0 aliphatic carbocycles. The van der Waals surface area contributed by atoms with Gasteiger partial charge in [-0.3, -0.25) is 4.79 Å². The normalized spacial score (nSPS) is 11.6. The molecule has 134 valence electrons. The Kier molecular flexibility index (Phi) is 7.00. The number of para-hydroxylation sites is 1. The molecule has 7 heteroatoms. The molecule has 3 N–H and O–H groups in total. The number of carbonyl (C=O) groups excluding carboxylic acids is 2. The minimum Gasteiger partial charge on any atom is -0.354 e. The van der Waals surface area contributed by atoms with Gasteiger partial charge in [0, 0.05) is 25.7 Å². The van der Waals surface area contributed by atoms with E-state index in [-0.39, 0.29) is 11.9 Å². The van der Waals surface area contributed by atoms with Crippen LogP contribution in [0.25, 0.3) is 5.69 Å². The van der Waals surface area contributed by atoms with Crippen molar-refractivity contribution in [3.05, 3.63) is 48.3 Å². The molecule has 25 heavy (non-hydrogen) atoms. The fourth-order valence-electron chi connectivity index (χ4n) is 2.24. The lowest BCUT2D eigenvalue weighted by Gasteiger charge is -2.14. The zero-order chi connectivity index (χ0) is 18.1. The highest BCUT2D eigenvalue weighted by Crippen LogP contribution is 2.06. The van der Waals surface area contributed by atoms with Gasteiger partial charge in [-0.05, 0) is 31.5 Å². The number of amides is 3. The molecule has 1 heterocycles.